The summed E-state index contributed by atoms with van der Waals surface area (Å²) in [5, 5.41) is 5.69. The van der Waals surface area contributed by atoms with Gasteiger partial charge in [0, 0.05) is 17.3 Å². The summed E-state index contributed by atoms with van der Waals surface area (Å²) in [5.41, 5.74) is 2.66. The molecule has 0 unspecified atom stereocenters. The Bertz CT molecular complexity index is 949. The van der Waals surface area contributed by atoms with Crippen molar-refractivity contribution in [1.82, 2.24) is 10.2 Å². The van der Waals surface area contributed by atoms with Gasteiger partial charge in [-0.2, -0.15) is 0 Å². The number of carbonyl (C=O) groups is 2. The zero-order chi connectivity index (χ0) is 20.5. The molecule has 0 bridgehead atoms. The van der Waals surface area contributed by atoms with E-state index < -0.39 is 12.0 Å². The molecular formula is C21H23N3O4S. The lowest BCUT2D eigenvalue weighted by Gasteiger charge is -2.36. The number of nitrogens with zero attached hydrogens (tertiary/aromatic N) is 2. The molecule has 3 aliphatic rings. The summed E-state index contributed by atoms with van der Waals surface area (Å²) in [6, 6.07) is 7.38. The number of methoxy groups -OCH3 is 2. The van der Waals surface area contributed by atoms with Crippen LogP contribution in [0.4, 0.5) is 0 Å². The molecule has 8 heteroatoms. The summed E-state index contributed by atoms with van der Waals surface area (Å²) in [7, 11) is 2.96. The lowest BCUT2D eigenvalue weighted by molar-refractivity contribution is -0.136. The molecule has 1 aliphatic carbocycles. The molecule has 1 aromatic carbocycles. The molecule has 1 atom stereocenters. The van der Waals surface area contributed by atoms with Gasteiger partial charge in [-0.25, -0.2) is 9.79 Å². The standard InChI is InChI=1S/C21H23N3O4S/c1-12-18(20(26)28-3)19(15-6-4-5-7-16(15)27-2)24-14(11-29-21(24)22-12)10-17(25)23-13-8-9-13/h4-7,11,13,19H,8-10H2,1-3H3,(H,23,25)/t19-/m1/s1. The number of nitrogens with one attached hydrogen (secondary N) is 1. The highest BCUT2D eigenvalue weighted by Crippen LogP contribution is 2.46. The summed E-state index contributed by atoms with van der Waals surface area (Å²) < 4.78 is 10.6. The van der Waals surface area contributed by atoms with Crippen LogP contribution >= 0.6 is 11.8 Å². The predicted molar refractivity (Wildman–Crippen MR) is 111 cm³/mol. The van der Waals surface area contributed by atoms with E-state index in [1.807, 2.05) is 34.6 Å². The van der Waals surface area contributed by atoms with E-state index in [2.05, 4.69) is 10.3 Å². The molecule has 0 aromatic heterocycles. The smallest absolute Gasteiger partial charge is 0.338 e. The Hall–Kier alpha value is -2.74. The van der Waals surface area contributed by atoms with E-state index in [9.17, 15) is 9.59 Å². The van der Waals surface area contributed by atoms with Crippen molar-refractivity contribution in [1.29, 1.82) is 0 Å². The van der Waals surface area contributed by atoms with E-state index in [4.69, 9.17) is 9.47 Å². The fourth-order valence-electron chi connectivity index (χ4n) is 3.60. The summed E-state index contributed by atoms with van der Waals surface area (Å²) in [5.74, 6) is 0.191. The number of carbonyl (C=O) groups excluding carboxylic acids is 2. The van der Waals surface area contributed by atoms with Crippen LogP contribution < -0.4 is 10.1 Å². The largest absolute Gasteiger partial charge is 0.496 e. The van der Waals surface area contributed by atoms with Gasteiger partial charge < -0.3 is 19.7 Å². The van der Waals surface area contributed by atoms with Gasteiger partial charge in [-0.05, 0) is 31.2 Å². The number of hydrogen-bond donors (Lipinski definition) is 1. The van der Waals surface area contributed by atoms with Gasteiger partial charge in [0.25, 0.3) is 0 Å². The van der Waals surface area contributed by atoms with Crippen LogP contribution in [0, 0.1) is 0 Å². The van der Waals surface area contributed by atoms with E-state index >= 15 is 0 Å². The van der Waals surface area contributed by atoms with Gasteiger partial charge in [0.2, 0.25) is 5.91 Å². The minimum absolute atomic E-state index is 0.0229. The van der Waals surface area contributed by atoms with Gasteiger partial charge in [0.15, 0.2) is 5.17 Å². The quantitative estimate of drug-likeness (QED) is 0.722. The molecule has 1 amide bonds. The molecule has 2 heterocycles. The molecule has 7 nitrogen and oxygen atoms in total. The number of benzene rings is 1. The normalized spacial score (nSPS) is 20.7. The van der Waals surface area contributed by atoms with Crippen molar-refractivity contribution in [3.05, 3.63) is 52.2 Å². The van der Waals surface area contributed by atoms with Gasteiger partial charge in [-0.1, -0.05) is 30.0 Å². The zero-order valence-electron chi connectivity index (χ0n) is 16.6. The van der Waals surface area contributed by atoms with E-state index in [1.165, 1.54) is 18.9 Å². The summed E-state index contributed by atoms with van der Waals surface area (Å²) in [4.78, 5) is 31.7. The topological polar surface area (TPSA) is 80.2 Å². The van der Waals surface area contributed by atoms with Crippen molar-refractivity contribution in [3.8, 4) is 5.75 Å². The maximum Gasteiger partial charge on any atom is 0.338 e. The Morgan fingerprint density at radius 2 is 2.03 bits per heavy atom. The van der Waals surface area contributed by atoms with Crippen molar-refractivity contribution in [2.24, 2.45) is 4.99 Å². The first-order valence-corrected chi connectivity index (χ1v) is 10.4. The highest BCUT2D eigenvalue weighted by Gasteiger charge is 2.42. The Kier molecular flexibility index (Phi) is 5.36. The molecule has 29 heavy (non-hydrogen) atoms. The molecule has 1 fully saturated rings. The third kappa shape index (κ3) is 3.76. The molecule has 152 valence electrons. The van der Waals surface area contributed by atoms with Crippen LogP contribution in [0.25, 0.3) is 0 Å². The molecule has 2 aliphatic heterocycles. The van der Waals surface area contributed by atoms with E-state index in [1.54, 1.807) is 14.0 Å². The van der Waals surface area contributed by atoms with Gasteiger partial charge in [0.1, 0.15) is 5.75 Å². The number of hydrogen-bond acceptors (Lipinski definition) is 7. The third-order valence-corrected chi connectivity index (χ3v) is 6.01. The number of ether oxygens (including phenoxy) is 2. The first kappa shape index (κ1) is 19.6. The fraction of sp³-hybridized carbons (Fsp3) is 0.381. The number of para-hydroxylation sites is 1. The van der Waals surface area contributed by atoms with Crippen LogP contribution in [0.15, 0.2) is 51.6 Å². The van der Waals surface area contributed by atoms with Crippen molar-refractivity contribution in [3.63, 3.8) is 0 Å². The van der Waals surface area contributed by atoms with Gasteiger partial charge in [-0.3, -0.25) is 4.79 Å². The number of esters is 1. The van der Waals surface area contributed by atoms with Gasteiger partial charge >= 0.3 is 5.97 Å². The number of fused-ring (bicyclic) bond motifs is 1. The van der Waals surface area contributed by atoms with E-state index in [0.29, 0.717) is 23.1 Å². The summed E-state index contributed by atoms with van der Waals surface area (Å²) in [6.45, 7) is 1.80. The number of aliphatic imine (C=N–C) groups is 1. The minimum atomic E-state index is -0.485. The summed E-state index contributed by atoms with van der Waals surface area (Å²) >= 11 is 1.45. The Balaban J connectivity index is 1.75. The number of amides is 1. The zero-order valence-corrected chi connectivity index (χ0v) is 17.4. The van der Waals surface area contributed by atoms with Gasteiger partial charge in [-0.15, -0.1) is 0 Å². The Labute approximate surface area is 173 Å². The molecule has 0 spiro atoms. The predicted octanol–water partition coefficient (Wildman–Crippen LogP) is 3.11. The van der Waals surface area contributed by atoms with Crippen molar-refractivity contribution < 1.29 is 19.1 Å². The molecule has 4 rings (SSSR count). The number of amidine groups is 1. The first-order chi connectivity index (χ1) is 14.0. The van der Waals surface area contributed by atoms with Crippen LogP contribution in [0.5, 0.6) is 5.75 Å². The van der Waals surface area contributed by atoms with Crippen LogP contribution in [-0.2, 0) is 14.3 Å². The molecule has 1 aromatic rings. The molecular weight excluding hydrogens is 390 g/mol. The fourth-order valence-corrected chi connectivity index (χ4v) is 4.56. The second-order valence-electron chi connectivity index (χ2n) is 7.15. The molecule has 0 radical (unpaired) electrons. The first-order valence-electron chi connectivity index (χ1n) is 9.48. The molecule has 0 saturated heterocycles. The van der Waals surface area contributed by atoms with Crippen molar-refractivity contribution in [2.75, 3.05) is 14.2 Å². The average Bonchev–Trinajstić information content (AvgIpc) is 3.45. The minimum Gasteiger partial charge on any atom is -0.496 e. The van der Waals surface area contributed by atoms with E-state index in [0.717, 1.165) is 29.3 Å². The molecule has 1 N–H and O–H groups in total. The number of thioether (sulfide) groups is 1. The SMILES string of the molecule is COC(=O)C1=C(C)N=C2SC=C(CC(=O)NC3CC3)N2[C@@H]1c1ccccc1OC. The Morgan fingerprint density at radius 1 is 1.28 bits per heavy atom. The van der Waals surface area contributed by atoms with Crippen molar-refractivity contribution in [2.45, 2.75) is 38.3 Å². The molecule has 1 saturated carbocycles. The maximum absolute atomic E-state index is 12.7. The average molecular weight is 413 g/mol. The monoisotopic (exact) mass is 413 g/mol. The Morgan fingerprint density at radius 3 is 2.72 bits per heavy atom. The second-order valence-corrected chi connectivity index (χ2v) is 7.98. The third-order valence-electron chi connectivity index (χ3n) is 5.12. The number of allylic oxidation sites excluding steroid dienone is 1. The van der Waals surface area contributed by atoms with Crippen LogP contribution in [0.3, 0.4) is 0 Å². The van der Waals surface area contributed by atoms with Crippen LogP contribution in [0.1, 0.15) is 37.8 Å². The highest BCUT2D eigenvalue weighted by molar-refractivity contribution is 8.16. The second kappa shape index (κ2) is 7.94. The van der Waals surface area contributed by atoms with Gasteiger partial charge in [0.05, 0.1) is 38.0 Å². The lowest BCUT2D eigenvalue weighted by Crippen LogP contribution is -2.38. The maximum atomic E-state index is 12.7. The van der Waals surface area contributed by atoms with Crippen LogP contribution in [0.2, 0.25) is 0 Å². The van der Waals surface area contributed by atoms with Crippen LogP contribution in [-0.4, -0.2) is 42.2 Å². The number of rotatable bonds is 6. The highest BCUT2D eigenvalue weighted by atomic mass is 32.2. The summed E-state index contributed by atoms with van der Waals surface area (Å²) in [6.07, 6.45) is 2.30. The van der Waals surface area contributed by atoms with E-state index in [-0.39, 0.29) is 12.3 Å². The lowest BCUT2D eigenvalue weighted by atomic mass is 9.93. The van der Waals surface area contributed by atoms with Crippen molar-refractivity contribution >= 4 is 28.8 Å².